The number of H-pyrrole nitrogens is 1. The zero-order valence-corrected chi connectivity index (χ0v) is 31.4. The molecule has 2 fully saturated rings. The van der Waals surface area contributed by atoms with Crippen molar-refractivity contribution in [1.29, 1.82) is 0 Å². The first-order valence-electron chi connectivity index (χ1n) is 17.5. The van der Waals surface area contributed by atoms with Crippen molar-refractivity contribution in [2.24, 2.45) is 5.92 Å². The zero-order chi connectivity index (χ0) is 37.7. The van der Waals surface area contributed by atoms with Gasteiger partial charge in [-0.1, -0.05) is 12.1 Å². The number of aromatic amines is 1. The van der Waals surface area contributed by atoms with Crippen LogP contribution in [0.1, 0.15) is 42.1 Å². The van der Waals surface area contributed by atoms with Gasteiger partial charge in [-0.05, 0) is 74.2 Å². The number of anilines is 2. The summed E-state index contributed by atoms with van der Waals surface area (Å²) in [5.41, 5.74) is 1.40. The number of carboxylic acid groups (broad SMARTS) is 1. The largest absolute Gasteiger partial charge is 0.480 e. The first kappa shape index (κ1) is 40.5. The molecule has 290 valence electrons. The number of carbonyl (C=O) groups is 3. The average molecular weight is 789 g/mol. The number of halogens is 3. The maximum absolute atomic E-state index is 15.6. The van der Waals surface area contributed by atoms with Crippen molar-refractivity contribution in [3.63, 3.8) is 0 Å². The summed E-state index contributed by atoms with van der Waals surface area (Å²) in [7, 11) is -4.11. The van der Waals surface area contributed by atoms with Gasteiger partial charge in [0.15, 0.2) is 5.82 Å². The highest BCUT2D eigenvalue weighted by Gasteiger charge is 2.27. The lowest BCUT2D eigenvalue weighted by Crippen LogP contribution is -2.49. The monoisotopic (exact) mass is 788 g/mol. The van der Waals surface area contributed by atoms with Crippen LogP contribution in [0.25, 0.3) is 22.2 Å². The van der Waals surface area contributed by atoms with Crippen molar-refractivity contribution in [3.8, 4) is 11.1 Å². The standard InChI is InChI=1S/C37H42F2N6O7S.ClH/c1-24(46)52-17-2-18-53(50,51)42-32-8-7-31(38)34(35(32)39)36(49)30-21-41-37-29(30)19-27(20-40-37)26-3-5-28(6-4-26)45-15-13-44(14-16-45)22-25-9-11-43(12-10-25)23-33(47)48;/h3-8,19-21,25,42H,2,9-18,22-23H2,1H3,(H,40,41)(H,47,48);1H. The van der Waals surface area contributed by atoms with Crippen LogP contribution < -0.4 is 9.62 Å². The SMILES string of the molecule is CC(=O)OCCCS(=O)(=O)Nc1ccc(F)c(C(=O)c2c[nH]c3ncc(-c4ccc(N5CCN(CC6CCN(CC(=O)O)CC6)CC5)cc4)cc23)c1F.Cl. The number of sulfonamides is 1. The van der Waals surface area contributed by atoms with Crippen LogP contribution in [-0.4, -0.2) is 116 Å². The van der Waals surface area contributed by atoms with Gasteiger partial charge < -0.3 is 19.7 Å². The van der Waals surface area contributed by atoms with Crippen LogP contribution in [-0.2, 0) is 24.3 Å². The second-order valence-corrected chi connectivity index (χ2v) is 15.3. The van der Waals surface area contributed by atoms with E-state index in [1.165, 1.54) is 13.1 Å². The average Bonchev–Trinajstić information content (AvgIpc) is 3.56. The van der Waals surface area contributed by atoms with Crippen molar-refractivity contribution < 1.29 is 41.4 Å². The maximum Gasteiger partial charge on any atom is 0.317 e. The zero-order valence-electron chi connectivity index (χ0n) is 29.7. The van der Waals surface area contributed by atoms with Crippen LogP contribution in [0.2, 0.25) is 0 Å². The third kappa shape index (κ3) is 9.91. The predicted molar refractivity (Wildman–Crippen MR) is 203 cm³/mol. The van der Waals surface area contributed by atoms with Crippen LogP contribution in [0, 0.1) is 17.6 Å². The Hall–Kier alpha value is -4.64. The molecular weight excluding hydrogens is 746 g/mol. The van der Waals surface area contributed by atoms with Crippen LogP contribution in [0.3, 0.4) is 0 Å². The number of aromatic nitrogens is 2. The number of nitrogens with one attached hydrogen (secondary N) is 2. The molecule has 2 aliphatic rings. The van der Waals surface area contributed by atoms with Crippen LogP contribution in [0.5, 0.6) is 0 Å². The molecule has 2 aliphatic heterocycles. The third-order valence-electron chi connectivity index (χ3n) is 9.74. The Morgan fingerprint density at radius 3 is 2.35 bits per heavy atom. The number of hydrogen-bond acceptors (Lipinski definition) is 10. The molecule has 0 spiro atoms. The van der Waals surface area contributed by atoms with Gasteiger partial charge in [-0.2, -0.15) is 0 Å². The van der Waals surface area contributed by atoms with Crippen molar-refractivity contribution in [2.75, 3.05) is 74.3 Å². The molecule has 4 heterocycles. The van der Waals surface area contributed by atoms with E-state index in [0.717, 1.165) is 82.0 Å². The molecule has 0 atom stereocenters. The molecule has 2 aromatic heterocycles. The molecule has 2 saturated heterocycles. The second kappa shape index (κ2) is 17.7. The summed E-state index contributed by atoms with van der Waals surface area (Å²) in [5, 5.41) is 9.38. The van der Waals surface area contributed by atoms with Gasteiger partial charge in [0.1, 0.15) is 11.5 Å². The number of nitrogens with zero attached hydrogens (tertiary/aromatic N) is 4. The van der Waals surface area contributed by atoms with Crippen LogP contribution >= 0.6 is 12.4 Å². The first-order valence-corrected chi connectivity index (χ1v) is 19.2. The normalized spacial score (nSPS) is 15.9. The fourth-order valence-electron chi connectivity index (χ4n) is 6.94. The van der Waals surface area contributed by atoms with E-state index >= 15 is 8.78 Å². The number of rotatable bonds is 14. The summed E-state index contributed by atoms with van der Waals surface area (Å²) in [6.45, 7) is 7.47. The van der Waals surface area contributed by atoms with Crippen molar-refractivity contribution in [1.82, 2.24) is 19.8 Å². The van der Waals surface area contributed by atoms with E-state index in [-0.39, 0.29) is 37.5 Å². The number of ketones is 1. The van der Waals surface area contributed by atoms with Gasteiger partial charge in [0.2, 0.25) is 15.8 Å². The number of esters is 1. The van der Waals surface area contributed by atoms with Crippen molar-refractivity contribution in [2.45, 2.75) is 26.2 Å². The molecule has 0 unspecified atom stereocenters. The van der Waals surface area contributed by atoms with Gasteiger partial charge in [0, 0.05) is 74.2 Å². The van der Waals surface area contributed by atoms with E-state index in [0.29, 0.717) is 22.5 Å². The smallest absolute Gasteiger partial charge is 0.317 e. The minimum Gasteiger partial charge on any atom is -0.480 e. The quantitative estimate of drug-likeness (QED) is 0.0916. The molecule has 0 radical (unpaired) electrons. The Bertz CT molecular complexity index is 2080. The van der Waals surface area contributed by atoms with Gasteiger partial charge in [-0.15, -0.1) is 12.4 Å². The van der Waals surface area contributed by atoms with Crippen molar-refractivity contribution in [3.05, 3.63) is 77.6 Å². The fraction of sp³-hybridized carbons (Fsp3) is 0.405. The summed E-state index contributed by atoms with van der Waals surface area (Å²) in [5.74, 6) is -4.75. The molecular formula is C37H43ClF2N6O7S. The predicted octanol–water partition coefficient (Wildman–Crippen LogP) is 4.77. The van der Waals surface area contributed by atoms with E-state index < -0.39 is 56.4 Å². The number of carboxylic acids is 1. The molecule has 17 heteroatoms. The number of pyridine rings is 1. The summed E-state index contributed by atoms with van der Waals surface area (Å²) >= 11 is 0. The molecule has 0 saturated carbocycles. The lowest BCUT2D eigenvalue weighted by molar-refractivity contribution is -0.141. The van der Waals surface area contributed by atoms with E-state index in [2.05, 4.69) is 24.5 Å². The molecule has 4 aromatic rings. The number of ether oxygens (including phenoxy) is 1. The Morgan fingerprint density at radius 1 is 0.981 bits per heavy atom. The summed E-state index contributed by atoms with van der Waals surface area (Å²) in [6, 6.07) is 11.4. The highest BCUT2D eigenvalue weighted by Crippen LogP contribution is 2.31. The highest BCUT2D eigenvalue weighted by molar-refractivity contribution is 7.92. The minimum atomic E-state index is -4.11. The van der Waals surface area contributed by atoms with Crippen molar-refractivity contribution >= 4 is 62.6 Å². The topological polar surface area (TPSA) is 165 Å². The van der Waals surface area contributed by atoms with Gasteiger partial charge >= 0.3 is 11.9 Å². The number of piperidine rings is 1. The summed E-state index contributed by atoms with van der Waals surface area (Å²) in [6.07, 6.45) is 4.95. The molecule has 0 amide bonds. The summed E-state index contributed by atoms with van der Waals surface area (Å²) in [4.78, 5) is 49.7. The molecule has 6 rings (SSSR count). The Labute approximate surface area is 318 Å². The number of carbonyl (C=O) groups excluding carboxylic acids is 2. The highest BCUT2D eigenvalue weighted by atomic mass is 35.5. The number of hydrogen-bond donors (Lipinski definition) is 3. The molecule has 2 aromatic carbocycles. The van der Waals surface area contributed by atoms with Gasteiger partial charge in [-0.3, -0.25) is 28.9 Å². The molecule has 13 nitrogen and oxygen atoms in total. The number of aliphatic carboxylic acids is 1. The minimum absolute atomic E-state index is 0. The number of fused-ring (bicyclic) bond motifs is 1. The molecule has 54 heavy (non-hydrogen) atoms. The van der Waals surface area contributed by atoms with E-state index in [9.17, 15) is 22.8 Å². The molecule has 3 N–H and O–H groups in total. The molecule has 0 bridgehead atoms. The Kier molecular flexibility index (Phi) is 13.3. The first-order chi connectivity index (χ1) is 25.4. The maximum atomic E-state index is 15.6. The second-order valence-electron chi connectivity index (χ2n) is 13.5. The lowest BCUT2D eigenvalue weighted by atomic mass is 9.96. The van der Waals surface area contributed by atoms with Crippen LogP contribution in [0.15, 0.2) is 54.9 Å². The van der Waals surface area contributed by atoms with E-state index in [1.807, 2.05) is 29.2 Å². The van der Waals surface area contributed by atoms with E-state index in [4.69, 9.17) is 9.84 Å². The number of likely N-dealkylation sites (tertiary alicyclic amines) is 1. The number of piperazine rings is 1. The Morgan fingerprint density at radius 2 is 1.69 bits per heavy atom. The third-order valence-corrected chi connectivity index (χ3v) is 11.1. The fourth-order valence-corrected chi connectivity index (χ4v) is 8.04. The number of benzene rings is 2. The van der Waals surface area contributed by atoms with Gasteiger partial charge in [-0.25, -0.2) is 22.2 Å². The lowest BCUT2D eigenvalue weighted by Gasteiger charge is -2.39. The van der Waals surface area contributed by atoms with Crippen LogP contribution in [0.4, 0.5) is 20.2 Å². The Balaban J connectivity index is 0.00000561. The summed E-state index contributed by atoms with van der Waals surface area (Å²) < 4.78 is 62.5. The van der Waals surface area contributed by atoms with Gasteiger partial charge in [0.05, 0.1) is 30.2 Å². The van der Waals surface area contributed by atoms with Gasteiger partial charge in [0.25, 0.3) is 0 Å². The molecule has 0 aliphatic carbocycles. The van der Waals surface area contributed by atoms with E-state index in [1.54, 1.807) is 12.3 Å².